The van der Waals surface area contributed by atoms with E-state index in [1.54, 1.807) is 0 Å². The van der Waals surface area contributed by atoms with Crippen LogP contribution in [0.3, 0.4) is 0 Å². The second-order valence-corrected chi connectivity index (χ2v) is 22.4. The average molecular weight is 554 g/mol. The van der Waals surface area contributed by atoms with Gasteiger partial charge in [-0.1, -0.05) is 41.5 Å². The first-order valence-corrected chi connectivity index (χ1v) is 18.3. The normalized spacial score (nSPS) is 26.4. The van der Waals surface area contributed by atoms with Gasteiger partial charge < -0.3 is 19.3 Å². The minimum absolute atomic E-state index is 0.0338. The number of nitrogens with zero attached hydrogens (tertiary/aromatic N) is 2. The molecule has 0 amide bonds. The van der Waals surface area contributed by atoms with E-state index in [1.165, 1.54) is 0 Å². The summed E-state index contributed by atoms with van der Waals surface area (Å²) in [4.78, 5) is 16.1. The molecule has 2 heterocycles. The zero-order chi connectivity index (χ0) is 27.2. The van der Waals surface area contributed by atoms with Crippen LogP contribution in [0.25, 0.3) is 0 Å². The number of nitrogen functional groups attached to an aromatic ring is 1. The molecule has 0 bridgehead atoms. The summed E-state index contributed by atoms with van der Waals surface area (Å²) in [6, 6.07) is 0. The summed E-state index contributed by atoms with van der Waals surface area (Å²) in [5.74, 6) is -1.34. The highest BCUT2D eigenvalue weighted by molar-refractivity contribution is 6.74. The smallest absolute Gasteiger partial charge is 0.351 e. The fourth-order valence-corrected chi connectivity index (χ4v) is 6.09. The molecule has 1 aromatic rings. The molecule has 1 fully saturated rings. The molecule has 1 saturated heterocycles. The van der Waals surface area contributed by atoms with E-state index in [2.05, 4.69) is 59.6 Å². The van der Waals surface area contributed by atoms with Crippen molar-refractivity contribution in [1.82, 2.24) is 9.55 Å². The maximum absolute atomic E-state index is 16.3. The third kappa shape index (κ3) is 6.18. The Hall–Kier alpha value is -0.856. The van der Waals surface area contributed by atoms with Crippen molar-refractivity contribution in [2.75, 3.05) is 18.2 Å². The SMILES string of the molecule is CC(C)(C)[Si](C)(C)OC[C@@]1(CCCl)O[C@@H](n2cc(F)c(N)nc2=O)[C@@H](F)[C@@H]1O[Si](C)(C)C(C)(C)C. The monoisotopic (exact) mass is 553 g/mol. The fourth-order valence-electron chi connectivity index (χ4n) is 3.40. The van der Waals surface area contributed by atoms with Gasteiger partial charge in [-0.05, 0) is 42.7 Å². The van der Waals surface area contributed by atoms with Crippen molar-refractivity contribution in [1.29, 1.82) is 0 Å². The number of aromatic nitrogens is 2. The van der Waals surface area contributed by atoms with Gasteiger partial charge in [-0.3, -0.25) is 4.57 Å². The molecule has 202 valence electrons. The van der Waals surface area contributed by atoms with E-state index in [4.69, 9.17) is 30.9 Å². The van der Waals surface area contributed by atoms with Crippen LogP contribution in [0.4, 0.5) is 14.6 Å². The zero-order valence-electron chi connectivity index (χ0n) is 22.7. The number of alkyl halides is 2. The van der Waals surface area contributed by atoms with Gasteiger partial charge in [0.1, 0.15) is 11.7 Å². The quantitative estimate of drug-likeness (QED) is 0.332. The first-order valence-electron chi connectivity index (χ1n) is 11.9. The van der Waals surface area contributed by atoms with Crippen LogP contribution >= 0.6 is 11.6 Å². The van der Waals surface area contributed by atoms with Crippen LogP contribution in [0.1, 0.15) is 54.2 Å². The summed E-state index contributed by atoms with van der Waals surface area (Å²) in [6.07, 6.45) is -3.29. The molecule has 2 N–H and O–H groups in total. The lowest BCUT2D eigenvalue weighted by Crippen LogP contribution is -2.56. The molecule has 0 aromatic carbocycles. The molecular weight excluding hydrogens is 512 g/mol. The van der Waals surface area contributed by atoms with Gasteiger partial charge in [0.15, 0.2) is 40.7 Å². The van der Waals surface area contributed by atoms with E-state index in [0.29, 0.717) is 0 Å². The largest absolute Gasteiger partial charge is 0.414 e. The Kier molecular flexibility index (Phi) is 8.79. The van der Waals surface area contributed by atoms with Crippen molar-refractivity contribution in [3.8, 4) is 0 Å². The van der Waals surface area contributed by atoms with Gasteiger partial charge in [-0.2, -0.15) is 4.98 Å². The number of rotatable bonds is 8. The third-order valence-corrected chi connectivity index (χ3v) is 17.0. The molecule has 0 saturated carbocycles. The molecule has 0 aliphatic carbocycles. The minimum atomic E-state index is -2.51. The van der Waals surface area contributed by atoms with Crippen LogP contribution in [0.5, 0.6) is 0 Å². The van der Waals surface area contributed by atoms with Gasteiger partial charge in [0.25, 0.3) is 0 Å². The van der Waals surface area contributed by atoms with Gasteiger partial charge in [0.2, 0.25) is 0 Å². The van der Waals surface area contributed by atoms with Gasteiger partial charge in [0.05, 0.1) is 12.8 Å². The summed E-state index contributed by atoms with van der Waals surface area (Å²) in [6.45, 7) is 20.7. The van der Waals surface area contributed by atoms with Crippen molar-refractivity contribution in [2.45, 2.75) is 108 Å². The second kappa shape index (κ2) is 10.1. The van der Waals surface area contributed by atoms with Crippen molar-refractivity contribution < 1.29 is 22.4 Å². The maximum Gasteiger partial charge on any atom is 0.351 e. The fraction of sp³-hybridized carbons (Fsp3) is 0.826. The van der Waals surface area contributed by atoms with Crippen LogP contribution in [0.15, 0.2) is 11.0 Å². The van der Waals surface area contributed by atoms with Gasteiger partial charge >= 0.3 is 5.69 Å². The summed E-state index contributed by atoms with van der Waals surface area (Å²) in [7, 11) is -4.78. The van der Waals surface area contributed by atoms with Crippen LogP contribution in [0.2, 0.25) is 36.3 Å². The van der Waals surface area contributed by atoms with Gasteiger partial charge in [0, 0.05) is 5.88 Å². The second-order valence-electron chi connectivity index (χ2n) is 12.5. The Balaban J connectivity index is 2.61. The molecule has 12 heteroatoms. The first-order chi connectivity index (χ1) is 15.7. The molecule has 4 atom stereocenters. The Morgan fingerprint density at radius 3 is 2.20 bits per heavy atom. The molecule has 1 aliphatic rings. The summed E-state index contributed by atoms with van der Waals surface area (Å²) >= 11 is 6.21. The zero-order valence-corrected chi connectivity index (χ0v) is 25.4. The molecule has 0 unspecified atom stereocenters. The number of halogens is 3. The molecule has 35 heavy (non-hydrogen) atoms. The van der Waals surface area contributed by atoms with E-state index in [1.807, 2.05) is 13.1 Å². The van der Waals surface area contributed by atoms with Crippen molar-refractivity contribution in [2.24, 2.45) is 0 Å². The number of hydrogen-bond acceptors (Lipinski definition) is 6. The maximum atomic E-state index is 16.3. The summed E-state index contributed by atoms with van der Waals surface area (Å²) in [5, 5.41) is -0.317. The highest BCUT2D eigenvalue weighted by Gasteiger charge is 2.60. The van der Waals surface area contributed by atoms with Gasteiger partial charge in [-0.15, -0.1) is 11.6 Å². The van der Waals surface area contributed by atoms with E-state index in [9.17, 15) is 9.18 Å². The first kappa shape index (κ1) is 30.4. The highest BCUT2D eigenvalue weighted by Crippen LogP contribution is 2.48. The van der Waals surface area contributed by atoms with E-state index >= 15 is 4.39 Å². The summed E-state index contributed by atoms with van der Waals surface area (Å²) < 4.78 is 50.7. The molecule has 7 nitrogen and oxygen atoms in total. The Bertz CT molecular complexity index is 966. The van der Waals surface area contributed by atoms with Crippen molar-refractivity contribution >= 4 is 34.1 Å². The Morgan fingerprint density at radius 1 is 1.17 bits per heavy atom. The number of ether oxygens (including phenoxy) is 1. The Morgan fingerprint density at radius 2 is 1.71 bits per heavy atom. The molecule has 2 rings (SSSR count). The summed E-state index contributed by atoms with van der Waals surface area (Å²) in [5.41, 5.74) is 3.24. The third-order valence-electron chi connectivity index (χ3n) is 7.87. The number of nitrogens with two attached hydrogens (primary N) is 1. The number of hydrogen-bond donors (Lipinski definition) is 1. The lowest BCUT2D eigenvalue weighted by molar-refractivity contribution is -0.125. The number of anilines is 1. The predicted molar refractivity (Wildman–Crippen MR) is 141 cm³/mol. The molecule has 1 aromatic heterocycles. The van der Waals surface area contributed by atoms with E-state index in [-0.39, 0.29) is 29.0 Å². The Labute approximate surface area is 214 Å². The van der Waals surface area contributed by atoms with Crippen LogP contribution in [-0.2, 0) is 13.6 Å². The van der Waals surface area contributed by atoms with Crippen LogP contribution in [0, 0.1) is 5.82 Å². The van der Waals surface area contributed by atoms with E-state index in [0.717, 1.165) is 10.8 Å². The predicted octanol–water partition coefficient (Wildman–Crippen LogP) is 5.61. The van der Waals surface area contributed by atoms with Crippen molar-refractivity contribution in [3.63, 3.8) is 0 Å². The van der Waals surface area contributed by atoms with Gasteiger partial charge in [-0.25, -0.2) is 13.6 Å². The average Bonchev–Trinajstić information content (AvgIpc) is 2.94. The minimum Gasteiger partial charge on any atom is -0.414 e. The molecule has 0 radical (unpaired) electrons. The topological polar surface area (TPSA) is 88.6 Å². The molecular formula is C23H42ClF2N3O4Si2. The molecule has 0 spiro atoms. The van der Waals surface area contributed by atoms with Crippen LogP contribution in [-0.4, -0.2) is 56.5 Å². The van der Waals surface area contributed by atoms with E-state index < -0.39 is 58.1 Å². The lowest BCUT2D eigenvalue weighted by Gasteiger charge is -2.45. The molecule has 1 aliphatic heterocycles. The van der Waals surface area contributed by atoms with Crippen molar-refractivity contribution in [3.05, 3.63) is 22.5 Å². The van der Waals surface area contributed by atoms with Crippen LogP contribution < -0.4 is 11.4 Å². The standard InChI is InChI=1S/C23H42ClF2N3O4Si2/c1-21(2,3)34(7,8)31-14-23(11-12-24)17(33-35(9,10)22(4,5)6)16(26)19(32-23)29-13-15(25)18(27)28-20(29)30/h13,16-17,19H,11-12,14H2,1-10H3,(H2,27,28,30)/t16-,17-,19+,23+/m0/s1. The lowest BCUT2D eigenvalue weighted by atomic mass is 9.94. The highest BCUT2D eigenvalue weighted by atomic mass is 35.5.